The number of nitrogens with one attached hydrogen (secondary N) is 1. The molecular weight excluding hydrogens is 396 g/mol. The van der Waals surface area contributed by atoms with Gasteiger partial charge in [0.15, 0.2) is 11.0 Å². The molecule has 0 spiro atoms. The summed E-state index contributed by atoms with van der Waals surface area (Å²) < 4.78 is 7.94. The highest BCUT2D eigenvalue weighted by molar-refractivity contribution is 7.99. The average molecular weight is 425 g/mol. The lowest BCUT2D eigenvalue weighted by Gasteiger charge is -2.11. The summed E-state index contributed by atoms with van der Waals surface area (Å²) in [5.41, 5.74) is 4.29. The summed E-state index contributed by atoms with van der Waals surface area (Å²) in [5.74, 6) is 1.81. The molecule has 0 saturated heterocycles. The van der Waals surface area contributed by atoms with Gasteiger partial charge in [0.05, 0.1) is 5.75 Å². The number of amides is 1. The third-order valence-electron chi connectivity index (χ3n) is 4.80. The summed E-state index contributed by atoms with van der Waals surface area (Å²) in [4.78, 5) is 12.4. The Balaban J connectivity index is 1.60. The van der Waals surface area contributed by atoms with E-state index in [9.17, 15) is 4.79 Å². The van der Waals surface area contributed by atoms with Gasteiger partial charge in [-0.3, -0.25) is 4.79 Å². The molecule has 2 aromatic carbocycles. The molecule has 0 fully saturated rings. The average Bonchev–Trinajstić information content (AvgIpc) is 3.14. The highest BCUT2D eigenvalue weighted by Gasteiger charge is 2.14. The summed E-state index contributed by atoms with van der Waals surface area (Å²) in [6.45, 7) is 9.24. The van der Waals surface area contributed by atoms with Crippen LogP contribution in [0, 0.1) is 13.8 Å². The van der Waals surface area contributed by atoms with Gasteiger partial charge < -0.3 is 14.6 Å². The van der Waals surface area contributed by atoms with E-state index in [1.54, 1.807) is 0 Å². The normalized spacial score (nSPS) is 10.8. The van der Waals surface area contributed by atoms with E-state index in [-0.39, 0.29) is 11.7 Å². The topological polar surface area (TPSA) is 69.0 Å². The van der Waals surface area contributed by atoms with Crippen LogP contribution >= 0.6 is 11.8 Å². The van der Waals surface area contributed by atoms with E-state index in [1.807, 2.05) is 54.8 Å². The predicted molar refractivity (Wildman–Crippen MR) is 121 cm³/mol. The van der Waals surface area contributed by atoms with Gasteiger partial charge in [0.2, 0.25) is 5.91 Å². The number of anilines is 1. The molecule has 0 aliphatic heterocycles. The maximum absolute atomic E-state index is 12.4. The molecule has 0 radical (unpaired) electrons. The smallest absolute Gasteiger partial charge is 0.234 e. The zero-order valence-corrected chi connectivity index (χ0v) is 18.8. The Morgan fingerprint density at radius 2 is 1.93 bits per heavy atom. The first-order valence-corrected chi connectivity index (χ1v) is 11.1. The SMILES string of the molecule is CCc1ccccc1NC(=O)CSc1nnc(COc2ccc(C)cc2C)n1CC. The lowest BCUT2D eigenvalue weighted by atomic mass is 10.1. The molecule has 1 aromatic heterocycles. The number of hydrogen-bond acceptors (Lipinski definition) is 5. The van der Waals surface area contributed by atoms with Crippen LogP contribution in [-0.2, 0) is 24.4 Å². The standard InChI is InChI=1S/C23H28N4O2S/c1-5-18-9-7-8-10-19(18)24-22(28)15-30-23-26-25-21(27(23)6-2)14-29-20-12-11-16(3)13-17(20)4/h7-13H,5-6,14-15H2,1-4H3,(H,24,28). The van der Waals surface area contributed by atoms with Gasteiger partial charge in [0.25, 0.3) is 0 Å². The fourth-order valence-electron chi connectivity index (χ4n) is 3.22. The zero-order valence-electron chi connectivity index (χ0n) is 17.9. The maximum atomic E-state index is 12.4. The number of nitrogens with zero attached hydrogens (tertiary/aromatic N) is 3. The maximum Gasteiger partial charge on any atom is 0.234 e. The van der Waals surface area contributed by atoms with Gasteiger partial charge in [-0.1, -0.05) is 54.6 Å². The van der Waals surface area contributed by atoms with Crippen LogP contribution in [0.15, 0.2) is 47.6 Å². The minimum Gasteiger partial charge on any atom is -0.485 e. The fourth-order valence-corrected chi connectivity index (χ4v) is 4.04. The van der Waals surface area contributed by atoms with Crippen molar-refractivity contribution in [1.29, 1.82) is 0 Å². The van der Waals surface area contributed by atoms with Crippen molar-refractivity contribution in [2.45, 2.75) is 52.4 Å². The summed E-state index contributed by atoms with van der Waals surface area (Å²) in [6.07, 6.45) is 0.873. The Bertz CT molecular complexity index is 1020. The molecule has 6 nitrogen and oxygen atoms in total. The van der Waals surface area contributed by atoms with E-state index in [2.05, 4.69) is 35.4 Å². The largest absolute Gasteiger partial charge is 0.485 e. The van der Waals surface area contributed by atoms with Gasteiger partial charge in [-0.2, -0.15) is 0 Å². The Hall–Kier alpha value is -2.80. The van der Waals surface area contributed by atoms with E-state index in [1.165, 1.54) is 17.3 Å². The van der Waals surface area contributed by atoms with Gasteiger partial charge in [0.1, 0.15) is 12.4 Å². The molecular formula is C23H28N4O2S. The number of carbonyl (C=O) groups is 1. The molecule has 158 valence electrons. The second-order valence-electron chi connectivity index (χ2n) is 7.05. The number of para-hydroxylation sites is 1. The molecule has 30 heavy (non-hydrogen) atoms. The fraction of sp³-hybridized carbons (Fsp3) is 0.348. The molecule has 1 heterocycles. The minimum atomic E-state index is -0.0559. The number of thioether (sulfide) groups is 1. The van der Waals surface area contributed by atoms with Crippen LogP contribution in [0.2, 0.25) is 0 Å². The molecule has 7 heteroatoms. The highest BCUT2D eigenvalue weighted by Crippen LogP contribution is 2.22. The predicted octanol–water partition coefficient (Wildman–Crippen LogP) is 4.79. The van der Waals surface area contributed by atoms with Crippen molar-refractivity contribution in [3.63, 3.8) is 0 Å². The first kappa shape index (κ1) is 21.9. The van der Waals surface area contributed by atoms with Crippen LogP contribution in [0.5, 0.6) is 5.75 Å². The van der Waals surface area contributed by atoms with Crippen molar-refractivity contribution < 1.29 is 9.53 Å². The van der Waals surface area contributed by atoms with Crippen LogP contribution in [0.1, 0.15) is 36.4 Å². The number of ether oxygens (including phenoxy) is 1. The van der Waals surface area contributed by atoms with Crippen molar-refractivity contribution in [1.82, 2.24) is 14.8 Å². The Morgan fingerprint density at radius 1 is 1.13 bits per heavy atom. The van der Waals surface area contributed by atoms with Crippen molar-refractivity contribution in [3.05, 3.63) is 65.0 Å². The quantitative estimate of drug-likeness (QED) is 0.500. The van der Waals surface area contributed by atoms with Crippen LogP contribution < -0.4 is 10.1 Å². The van der Waals surface area contributed by atoms with Gasteiger partial charge in [-0.25, -0.2) is 0 Å². The van der Waals surface area contributed by atoms with E-state index in [0.29, 0.717) is 13.2 Å². The monoisotopic (exact) mass is 424 g/mol. The van der Waals surface area contributed by atoms with Gasteiger partial charge in [-0.05, 0) is 50.5 Å². The molecule has 0 unspecified atom stereocenters. The summed E-state index contributed by atoms with van der Waals surface area (Å²) >= 11 is 1.38. The Labute approximate surface area is 182 Å². The van der Waals surface area contributed by atoms with Crippen LogP contribution in [0.25, 0.3) is 0 Å². The number of rotatable bonds is 9. The first-order valence-electron chi connectivity index (χ1n) is 10.1. The molecule has 1 amide bonds. The summed E-state index contributed by atoms with van der Waals surface area (Å²) in [7, 11) is 0. The molecule has 0 aliphatic rings. The van der Waals surface area contributed by atoms with E-state index in [0.717, 1.165) is 40.0 Å². The number of carbonyl (C=O) groups excluding carboxylic acids is 1. The Kier molecular flexibility index (Phi) is 7.52. The first-order chi connectivity index (χ1) is 14.5. The molecule has 0 saturated carbocycles. The number of benzene rings is 2. The third-order valence-corrected chi connectivity index (χ3v) is 5.77. The van der Waals surface area contributed by atoms with Crippen LogP contribution in [0.4, 0.5) is 5.69 Å². The van der Waals surface area contributed by atoms with Crippen molar-refractivity contribution in [2.75, 3.05) is 11.1 Å². The van der Waals surface area contributed by atoms with Crippen molar-refractivity contribution in [3.8, 4) is 5.75 Å². The van der Waals surface area contributed by atoms with E-state index >= 15 is 0 Å². The molecule has 0 aliphatic carbocycles. The summed E-state index contributed by atoms with van der Waals surface area (Å²) in [5, 5.41) is 12.2. The molecule has 0 bridgehead atoms. The second kappa shape index (κ2) is 10.3. The number of aromatic nitrogens is 3. The summed E-state index contributed by atoms with van der Waals surface area (Å²) in [6, 6.07) is 14.0. The highest BCUT2D eigenvalue weighted by atomic mass is 32.2. The second-order valence-corrected chi connectivity index (χ2v) is 7.99. The van der Waals surface area contributed by atoms with Crippen LogP contribution in [0.3, 0.4) is 0 Å². The number of aryl methyl sites for hydroxylation is 3. The lowest BCUT2D eigenvalue weighted by molar-refractivity contribution is -0.113. The minimum absolute atomic E-state index is 0.0559. The molecule has 3 aromatic rings. The lowest BCUT2D eigenvalue weighted by Crippen LogP contribution is -2.16. The molecule has 3 rings (SSSR count). The van der Waals surface area contributed by atoms with Crippen molar-refractivity contribution >= 4 is 23.4 Å². The van der Waals surface area contributed by atoms with Crippen LogP contribution in [-0.4, -0.2) is 26.4 Å². The number of hydrogen-bond donors (Lipinski definition) is 1. The van der Waals surface area contributed by atoms with Gasteiger partial charge in [0, 0.05) is 12.2 Å². The van der Waals surface area contributed by atoms with E-state index in [4.69, 9.17) is 4.74 Å². The molecule has 1 N–H and O–H groups in total. The third kappa shape index (κ3) is 5.42. The zero-order chi connectivity index (χ0) is 21.5. The van der Waals surface area contributed by atoms with Gasteiger partial charge in [-0.15, -0.1) is 10.2 Å². The van der Waals surface area contributed by atoms with E-state index < -0.39 is 0 Å². The van der Waals surface area contributed by atoms with Gasteiger partial charge >= 0.3 is 0 Å². The van der Waals surface area contributed by atoms with Crippen molar-refractivity contribution in [2.24, 2.45) is 0 Å². The Morgan fingerprint density at radius 3 is 2.67 bits per heavy atom. The molecule has 0 atom stereocenters.